The molecule has 0 saturated heterocycles. The number of hydrogen-bond donors (Lipinski definition) is 2. The van der Waals surface area contributed by atoms with Crippen LogP contribution >= 0.6 is 24.0 Å². The fourth-order valence-corrected chi connectivity index (χ4v) is 2.59. The molecule has 2 aromatic carbocycles. The van der Waals surface area contributed by atoms with Crippen LogP contribution in [-0.4, -0.2) is 30.0 Å². The number of guanidine groups is 1. The summed E-state index contributed by atoms with van der Waals surface area (Å²) in [6.45, 7) is 0.832. The van der Waals surface area contributed by atoms with Gasteiger partial charge in [0.1, 0.15) is 5.82 Å². The van der Waals surface area contributed by atoms with Gasteiger partial charge in [-0.3, -0.25) is 0 Å². The van der Waals surface area contributed by atoms with E-state index in [1.54, 1.807) is 37.2 Å². The van der Waals surface area contributed by atoms with Crippen LogP contribution in [0.4, 0.5) is 4.39 Å². The van der Waals surface area contributed by atoms with Gasteiger partial charge in [0, 0.05) is 6.20 Å². The Morgan fingerprint density at radius 2 is 1.83 bits per heavy atom. The van der Waals surface area contributed by atoms with Crippen LogP contribution in [0.5, 0.6) is 11.5 Å². The van der Waals surface area contributed by atoms with E-state index in [9.17, 15) is 4.39 Å². The van der Waals surface area contributed by atoms with Crippen molar-refractivity contribution in [3.8, 4) is 17.2 Å². The molecule has 3 N–H and O–H groups in total. The number of rotatable bonds is 7. The fraction of sp³-hybridized carbons (Fsp3) is 0.200. The SMILES string of the molecule is COc1ccc(CN=C(N)NCc2ccn(-c3ccc(F)cc3)n2)cc1OC.I. The monoisotopic (exact) mass is 511 g/mol. The number of nitrogens with zero attached hydrogens (tertiary/aromatic N) is 3. The molecular weight excluding hydrogens is 488 g/mol. The Kier molecular flexibility index (Phi) is 8.25. The van der Waals surface area contributed by atoms with Crippen molar-refractivity contribution in [2.75, 3.05) is 14.2 Å². The summed E-state index contributed by atoms with van der Waals surface area (Å²) in [7, 11) is 3.18. The zero-order chi connectivity index (χ0) is 19.9. The van der Waals surface area contributed by atoms with Crippen LogP contribution in [0.1, 0.15) is 11.3 Å². The minimum Gasteiger partial charge on any atom is -0.493 e. The van der Waals surface area contributed by atoms with Crippen LogP contribution in [0.3, 0.4) is 0 Å². The predicted molar refractivity (Wildman–Crippen MR) is 121 cm³/mol. The Morgan fingerprint density at radius 1 is 1.10 bits per heavy atom. The van der Waals surface area contributed by atoms with Gasteiger partial charge in [-0.15, -0.1) is 24.0 Å². The van der Waals surface area contributed by atoms with Gasteiger partial charge in [-0.05, 0) is 48.0 Å². The average Bonchev–Trinajstić information content (AvgIpc) is 3.20. The summed E-state index contributed by atoms with van der Waals surface area (Å²) in [6, 6.07) is 13.6. The first-order valence-electron chi connectivity index (χ1n) is 8.64. The fourth-order valence-electron chi connectivity index (χ4n) is 2.59. The Bertz CT molecular complexity index is 960. The Balaban J connectivity index is 0.00000300. The third kappa shape index (κ3) is 6.08. The average molecular weight is 511 g/mol. The number of benzene rings is 2. The number of aromatic nitrogens is 2. The van der Waals surface area contributed by atoms with E-state index in [0.717, 1.165) is 16.9 Å². The van der Waals surface area contributed by atoms with Gasteiger partial charge in [0.25, 0.3) is 0 Å². The van der Waals surface area contributed by atoms with Crippen LogP contribution in [0.15, 0.2) is 59.7 Å². The molecule has 154 valence electrons. The Labute approximate surface area is 185 Å². The van der Waals surface area contributed by atoms with Gasteiger partial charge in [0.05, 0.1) is 38.7 Å². The lowest BCUT2D eigenvalue weighted by Gasteiger charge is -2.09. The van der Waals surface area contributed by atoms with Crippen molar-refractivity contribution in [2.24, 2.45) is 10.7 Å². The van der Waals surface area contributed by atoms with Gasteiger partial charge in [0.15, 0.2) is 17.5 Å². The molecule has 7 nitrogen and oxygen atoms in total. The summed E-state index contributed by atoms with van der Waals surface area (Å²) in [5.74, 6) is 1.34. The number of nitrogens with one attached hydrogen (secondary N) is 1. The number of halogens is 2. The number of nitrogens with two attached hydrogens (primary N) is 1. The van der Waals surface area contributed by atoms with Crippen LogP contribution in [-0.2, 0) is 13.1 Å². The smallest absolute Gasteiger partial charge is 0.189 e. The number of hydrogen-bond acceptors (Lipinski definition) is 4. The highest BCUT2D eigenvalue weighted by molar-refractivity contribution is 14.0. The molecule has 3 rings (SSSR count). The van der Waals surface area contributed by atoms with Gasteiger partial charge < -0.3 is 20.5 Å². The van der Waals surface area contributed by atoms with Crippen LogP contribution in [0, 0.1) is 5.82 Å². The first kappa shape index (κ1) is 22.5. The summed E-state index contributed by atoms with van der Waals surface area (Å²) in [5, 5.41) is 7.46. The lowest BCUT2D eigenvalue weighted by Crippen LogP contribution is -2.31. The molecule has 1 aromatic heterocycles. The molecule has 0 bridgehead atoms. The van der Waals surface area contributed by atoms with Crippen molar-refractivity contribution in [1.29, 1.82) is 0 Å². The third-order valence-corrected chi connectivity index (χ3v) is 4.07. The predicted octanol–water partition coefficient (Wildman–Crippen LogP) is 3.25. The molecule has 0 radical (unpaired) electrons. The van der Waals surface area contributed by atoms with Crippen molar-refractivity contribution in [1.82, 2.24) is 15.1 Å². The van der Waals surface area contributed by atoms with Crippen molar-refractivity contribution in [3.05, 3.63) is 71.8 Å². The van der Waals surface area contributed by atoms with Crippen LogP contribution in [0.2, 0.25) is 0 Å². The second kappa shape index (κ2) is 10.6. The van der Waals surface area contributed by atoms with E-state index in [1.165, 1.54) is 12.1 Å². The highest BCUT2D eigenvalue weighted by atomic mass is 127. The van der Waals surface area contributed by atoms with Gasteiger partial charge in [0.2, 0.25) is 0 Å². The van der Waals surface area contributed by atoms with Gasteiger partial charge in [-0.2, -0.15) is 5.10 Å². The maximum atomic E-state index is 13.0. The second-order valence-corrected chi connectivity index (χ2v) is 5.97. The Morgan fingerprint density at radius 3 is 2.52 bits per heavy atom. The molecule has 0 unspecified atom stereocenters. The van der Waals surface area contributed by atoms with E-state index in [0.29, 0.717) is 30.5 Å². The molecule has 1 heterocycles. The first-order chi connectivity index (χ1) is 13.6. The third-order valence-electron chi connectivity index (χ3n) is 4.07. The molecule has 0 fully saturated rings. The maximum Gasteiger partial charge on any atom is 0.189 e. The van der Waals surface area contributed by atoms with Crippen LogP contribution < -0.4 is 20.5 Å². The minimum absolute atomic E-state index is 0. The lowest BCUT2D eigenvalue weighted by atomic mass is 10.2. The molecule has 0 saturated carbocycles. The highest BCUT2D eigenvalue weighted by Gasteiger charge is 2.05. The molecule has 3 aromatic rings. The molecular formula is C20H23FIN5O2. The van der Waals surface area contributed by atoms with Gasteiger partial charge in [-0.25, -0.2) is 14.1 Å². The standard InChI is InChI=1S/C20H22FN5O2.HI/c1-27-18-8-3-14(11-19(18)28-2)12-23-20(22)24-13-16-9-10-26(25-16)17-6-4-15(21)5-7-17;/h3-11H,12-13H2,1-2H3,(H3,22,23,24);1H. The quantitative estimate of drug-likeness (QED) is 0.289. The molecule has 0 amide bonds. The largest absolute Gasteiger partial charge is 0.493 e. The molecule has 0 spiro atoms. The normalized spacial score (nSPS) is 10.9. The van der Waals surface area contributed by atoms with Crippen LogP contribution in [0.25, 0.3) is 5.69 Å². The number of aliphatic imine (C=N–C) groups is 1. The summed E-state index contributed by atoms with van der Waals surface area (Å²) in [5.41, 5.74) is 8.45. The zero-order valence-corrected chi connectivity index (χ0v) is 18.5. The first-order valence-corrected chi connectivity index (χ1v) is 8.64. The summed E-state index contributed by atoms with van der Waals surface area (Å²) >= 11 is 0. The van der Waals surface area contributed by atoms with Crippen molar-refractivity contribution < 1.29 is 13.9 Å². The Hall–Kier alpha value is -2.82. The van der Waals surface area contributed by atoms with Gasteiger partial charge >= 0.3 is 0 Å². The van der Waals surface area contributed by atoms with Crippen molar-refractivity contribution in [2.45, 2.75) is 13.1 Å². The summed E-state index contributed by atoms with van der Waals surface area (Å²) in [6.07, 6.45) is 1.81. The topological polar surface area (TPSA) is 86.7 Å². The van der Waals surface area contributed by atoms with E-state index < -0.39 is 0 Å². The maximum absolute atomic E-state index is 13.0. The lowest BCUT2D eigenvalue weighted by molar-refractivity contribution is 0.354. The van der Waals surface area contributed by atoms with E-state index >= 15 is 0 Å². The molecule has 0 aliphatic rings. The molecule has 0 atom stereocenters. The number of methoxy groups -OCH3 is 2. The number of ether oxygens (including phenoxy) is 2. The van der Waals surface area contributed by atoms with E-state index in [-0.39, 0.29) is 29.8 Å². The van der Waals surface area contributed by atoms with Crippen molar-refractivity contribution in [3.63, 3.8) is 0 Å². The molecule has 29 heavy (non-hydrogen) atoms. The van der Waals surface area contributed by atoms with Gasteiger partial charge in [-0.1, -0.05) is 6.07 Å². The molecule has 0 aliphatic heterocycles. The zero-order valence-electron chi connectivity index (χ0n) is 16.1. The molecule has 0 aliphatic carbocycles. The summed E-state index contributed by atoms with van der Waals surface area (Å²) < 4.78 is 25.2. The van der Waals surface area contributed by atoms with Crippen molar-refractivity contribution >= 4 is 29.9 Å². The van der Waals surface area contributed by atoms with E-state index in [1.807, 2.05) is 24.3 Å². The summed E-state index contributed by atoms with van der Waals surface area (Å²) in [4.78, 5) is 4.33. The van der Waals surface area contributed by atoms with E-state index in [2.05, 4.69) is 15.4 Å². The minimum atomic E-state index is -0.281. The van der Waals surface area contributed by atoms with E-state index in [4.69, 9.17) is 15.2 Å². The molecule has 9 heteroatoms. The highest BCUT2D eigenvalue weighted by Crippen LogP contribution is 2.27. The second-order valence-electron chi connectivity index (χ2n) is 5.97.